The van der Waals surface area contributed by atoms with Crippen molar-refractivity contribution in [3.05, 3.63) is 0 Å². The van der Waals surface area contributed by atoms with Crippen LogP contribution in [0.1, 0.15) is 6.42 Å². The number of hydrogen-bond acceptors (Lipinski definition) is 6. The first-order valence-electron chi connectivity index (χ1n) is 5.78. The van der Waals surface area contributed by atoms with Gasteiger partial charge in [-0.1, -0.05) is 24.0 Å². The van der Waals surface area contributed by atoms with Crippen LogP contribution in [0.4, 0.5) is 0 Å². The molecular formula is C10H19N3O4S3. The van der Waals surface area contributed by atoms with E-state index >= 15 is 0 Å². The Morgan fingerprint density at radius 2 is 2.10 bits per heavy atom. The molecule has 0 heterocycles. The monoisotopic (exact) mass is 341 g/mol. The van der Waals surface area contributed by atoms with Crippen molar-refractivity contribution in [2.24, 2.45) is 5.73 Å². The van der Waals surface area contributed by atoms with Crippen molar-refractivity contribution < 1.29 is 18.9 Å². The van der Waals surface area contributed by atoms with Gasteiger partial charge in [0.2, 0.25) is 5.91 Å². The Morgan fingerprint density at radius 3 is 2.65 bits per heavy atom. The molecule has 0 aliphatic rings. The highest BCUT2D eigenvalue weighted by atomic mass is 32.2. The highest BCUT2D eigenvalue weighted by Crippen LogP contribution is 2.03. The summed E-state index contributed by atoms with van der Waals surface area (Å²) in [7, 11) is -0.815. The maximum atomic E-state index is 11.4. The standard InChI is InChI=1S/C10H19N3O4S3/c1-20(17)4-2-3-12-10(18)19-6-7(11)9(16)13-5-8(14)15/h7H,2-6,11H2,1H3,(H,12,18)(H,13,16)(H,14,15). The normalized spacial score (nSPS) is 13.3. The van der Waals surface area contributed by atoms with Crippen molar-refractivity contribution in [3.8, 4) is 0 Å². The minimum atomic E-state index is -1.12. The first-order chi connectivity index (χ1) is 9.32. The Bertz CT molecular complexity index is 379. The molecule has 0 radical (unpaired) electrons. The van der Waals surface area contributed by atoms with Crippen molar-refractivity contribution in [1.29, 1.82) is 0 Å². The Morgan fingerprint density at radius 1 is 1.45 bits per heavy atom. The number of nitrogens with one attached hydrogen (secondary N) is 2. The lowest BCUT2D eigenvalue weighted by Gasteiger charge is -2.12. The number of thioether (sulfide) groups is 1. The Hall–Kier alpha value is -0.710. The first kappa shape index (κ1) is 19.3. The molecule has 20 heavy (non-hydrogen) atoms. The van der Waals surface area contributed by atoms with E-state index in [0.29, 0.717) is 16.6 Å². The minimum absolute atomic E-state index is 0.261. The molecule has 116 valence electrons. The van der Waals surface area contributed by atoms with Gasteiger partial charge in [-0.25, -0.2) is 0 Å². The van der Waals surface area contributed by atoms with E-state index < -0.39 is 35.3 Å². The van der Waals surface area contributed by atoms with Gasteiger partial charge in [0.15, 0.2) is 0 Å². The van der Waals surface area contributed by atoms with Crippen molar-refractivity contribution >= 4 is 51.0 Å². The van der Waals surface area contributed by atoms with Crippen molar-refractivity contribution in [2.75, 3.05) is 30.9 Å². The summed E-state index contributed by atoms with van der Waals surface area (Å²) in [5.41, 5.74) is 5.59. The Balaban J connectivity index is 3.74. The number of hydrogen-bond donors (Lipinski definition) is 4. The summed E-state index contributed by atoms with van der Waals surface area (Å²) >= 11 is 6.26. The van der Waals surface area contributed by atoms with Gasteiger partial charge in [0.05, 0.1) is 6.04 Å². The van der Waals surface area contributed by atoms with Gasteiger partial charge >= 0.3 is 5.97 Å². The second-order valence-corrected chi connectivity index (χ2v) is 7.13. The summed E-state index contributed by atoms with van der Waals surface area (Å²) in [6.45, 7) is 0.167. The predicted molar refractivity (Wildman–Crippen MR) is 85.2 cm³/mol. The number of carboxylic acids is 1. The van der Waals surface area contributed by atoms with E-state index in [0.717, 1.165) is 6.42 Å². The van der Waals surface area contributed by atoms with Gasteiger partial charge < -0.3 is 21.5 Å². The molecule has 7 nitrogen and oxygen atoms in total. The van der Waals surface area contributed by atoms with Crippen LogP contribution in [-0.4, -0.2) is 62.4 Å². The van der Waals surface area contributed by atoms with Crippen LogP contribution < -0.4 is 16.4 Å². The van der Waals surface area contributed by atoms with Gasteiger partial charge in [-0.05, 0) is 6.42 Å². The summed E-state index contributed by atoms with van der Waals surface area (Å²) in [5.74, 6) is -0.776. The smallest absolute Gasteiger partial charge is 0.322 e. The molecule has 2 unspecified atom stereocenters. The number of nitrogens with two attached hydrogens (primary N) is 1. The van der Waals surface area contributed by atoms with Gasteiger partial charge in [0, 0.05) is 35.1 Å². The SMILES string of the molecule is CS(=O)CCCNC(=S)SCC(N)C(=O)NCC(=O)O. The molecule has 0 aromatic rings. The van der Waals surface area contributed by atoms with Gasteiger partial charge in [-0.2, -0.15) is 0 Å². The first-order valence-corrected chi connectivity index (χ1v) is 8.90. The second-order valence-electron chi connectivity index (χ2n) is 3.87. The van der Waals surface area contributed by atoms with Crippen LogP contribution in [0.3, 0.4) is 0 Å². The van der Waals surface area contributed by atoms with Crippen LogP contribution in [0, 0.1) is 0 Å². The average Bonchev–Trinajstić information content (AvgIpc) is 2.37. The molecule has 0 aromatic heterocycles. The van der Waals surface area contributed by atoms with Crippen LogP contribution in [0.5, 0.6) is 0 Å². The molecule has 0 saturated heterocycles. The lowest BCUT2D eigenvalue weighted by Crippen LogP contribution is -2.44. The highest BCUT2D eigenvalue weighted by Gasteiger charge is 2.14. The molecule has 0 aromatic carbocycles. The molecule has 0 fully saturated rings. The van der Waals surface area contributed by atoms with Crippen LogP contribution >= 0.6 is 24.0 Å². The van der Waals surface area contributed by atoms with E-state index in [1.165, 1.54) is 11.8 Å². The van der Waals surface area contributed by atoms with Gasteiger partial charge in [0.1, 0.15) is 10.9 Å². The summed E-state index contributed by atoms with van der Waals surface area (Å²) < 4.78 is 11.3. The molecule has 0 saturated carbocycles. The third-order valence-electron chi connectivity index (χ3n) is 2.02. The number of thiocarbonyl (C=S) groups is 1. The number of carbonyl (C=O) groups excluding carboxylic acids is 1. The summed E-state index contributed by atoms with van der Waals surface area (Å²) in [4.78, 5) is 21.7. The molecule has 10 heteroatoms. The number of aliphatic carboxylic acids is 1. The number of carbonyl (C=O) groups is 2. The largest absolute Gasteiger partial charge is 0.480 e. The second kappa shape index (κ2) is 11.0. The summed E-state index contributed by atoms with van der Waals surface area (Å²) in [6.07, 6.45) is 2.39. The molecule has 1 amide bonds. The van der Waals surface area contributed by atoms with E-state index in [1.54, 1.807) is 6.26 Å². The lowest BCUT2D eigenvalue weighted by molar-refractivity contribution is -0.138. The number of amides is 1. The van der Waals surface area contributed by atoms with Crippen LogP contribution in [-0.2, 0) is 20.4 Å². The van der Waals surface area contributed by atoms with Crippen LogP contribution in [0.15, 0.2) is 0 Å². The van der Waals surface area contributed by atoms with E-state index in [1.807, 2.05) is 0 Å². The fourth-order valence-corrected chi connectivity index (χ4v) is 2.60. The quantitative estimate of drug-likeness (QED) is 0.308. The molecule has 0 rings (SSSR count). The average molecular weight is 341 g/mol. The van der Waals surface area contributed by atoms with Crippen LogP contribution in [0.25, 0.3) is 0 Å². The van der Waals surface area contributed by atoms with Crippen LogP contribution in [0.2, 0.25) is 0 Å². The van der Waals surface area contributed by atoms with Crippen molar-refractivity contribution in [3.63, 3.8) is 0 Å². The number of rotatable bonds is 9. The molecule has 2 atom stereocenters. The topological polar surface area (TPSA) is 122 Å². The van der Waals surface area contributed by atoms with Gasteiger partial charge in [0.25, 0.3) is 0 Å². The molecule has 0 aliphatic heterocycles. The van der Waals surface area contributed by atoms with Gasteiger partial charge in [-0.3, -0.25) is 13.8 Å². The Kier molecular flexibility index (Phi) is 10.6. The summed E-state index contributed by atoms with van der Waals surface area (Å²) in [6, 6.07) is -0.817. The van der Waals surface area contributed by atoms with E-state index in [4.69, 9.17) is 23.1 Å². The van der Waals surface area contributed by atoms with Crippen molar-refractivity contribution in [1.82, 2.24) is 10.6 Å². The lowest BCUT2D eigenvalue weighted by atomic mass is 10.3. The van der Waals surface area contributed by atoms with E-state index in [9.17, 15) is 13.8 Å². The zero-order chi connectivity index (χ0) is 15.5. The predicted octanol–water partition coefficient (Wildman–Crippen LogP) is -1.11. The maximum absolute atomic E-state index is 11.4. The maximum Gasteiger partial charge on any atom is 0.322 e. The highest BCUT2D eigenvalue weighted by molar-refractivity contribution is 8.23. The third kappa shape index (κ3) is 11.1. The zero-order valence-corrected chi connectivity index (χ0v) is 13.5. The minimum Gasteiger partial charge on any atom is -0.480 e. The Labute approximate surface area is 129 Å². The zero-order valence-electron chi connectivity index (χ0n) is 11.1. The molecule has 0 bridgehead atoms. The fraction of sp³-hybridized carbons (Fsp3) is 0.700. The van der Waals surface area contributed by atoms with E-state index in [2.05, 4.69) is 10.6 Å². The van der Waals surface area contributed by atoms with E-state index in [-0.39, 0.29) is 5.75 Å². The molecule has 0 spiro atoms. The van der Waals surface area contributed by atoms with Crippen molar-refractivity contribution in [2.45, 2.75) is 12.5 Å². The fourth-order valence-electron chi connectivity index (χ4n) is 1.05. The third-order valence-corrected chi connectivity index (χ3v) is 4.32. The summed E-state index contributed by atoms with van der Waals surface area (Å²) in [5, 5.41) is 13.6. The number of carboxylic acid groups (broad SMARTS) is 1. The molecule has 0 aliphatic carbocycles. The van der Waals surface area contributed by atoms with Gasteiger partial charge in [-0.15, -0.1) is 0 Å². The molecule has 5 N–H and O–H groups in total. The molecular weight excluding hydrogens is 322 g/mol.